The lowest BCUT2D eigenvalue weighted by Gasteiger charge is -2.20. The zero-order valence-electron chi connectivity index (χ0n) is 12.3. The smallest absolute Gasteiger partial charge is 0.243 e. The van der Waals surface area contributed by atoms with Crippen LogP contribution in [0.15, 0.2) is 53.4 Å². The zero-order chi connectivity index (χ0) is 15.5. The molecule has 0 aliphatic rings. The second-order valence-electron chi connectivity index (χ2n) is 4.99. The first kappa shape index (κ1) is 15.5. The average molecular weight is 304 g/mol. The lowest BCUT2D eigenvalue weighted by atomic mass is 10.1. The molecule has 2 rings (SSSR count). The van der Waals surface area contributed by atoms with Crippen molar-refractivity contribution in [2.24, 2.45) is 0 Å². The standard InChI is InChI=1S/C16H20N2O2S/c1-3-18(12-14-6-4-13(2)5-7-14)21(19,20)16-10-8-15(17)9-11-16/h4-11H,3,12,17H2,1-2H3. The van der Waals surface area contributed by atoms with E-state index in [1.807, 2.05) is 38.1 Å². The Labute approximate surface area is 126 Å². The highest BCUT2D eigenvalue weighted by Crippen LogP contribution is 2.19. The van der Waals surface area contributed by atoms with E-state index in [-0.39, 0.29) is 4.90 Å². The number of aryl methyl sites for hydroxylation is 1. The highest BCUT2D eigenvalue weighted by Gasteiger charge is 2.22. The van der Waals surface area contributed by atoms with Crippen LogP contribution in [0.25, 0.3) is 0 Å². The van der Waals surface area contributed by atoms with Crippen LogP contribution in [0, 0.1) is 6.92 Å². The second kappa shape index (κ2) is 6.28. The first-order chi connectivity index (χ1) is 9.93. The van der Waals surface area contributed by atoms with Gasteiger partial charge in [0.15, 0.2) is 0 Å². The van der Waals surface area contributed by atoms with Crippen molar-refractivity contribution in [2.45, 2.75) is 25.3 Å². The molecule has 4 nitrogen and oxygen atoms in total. The van der Waals surface area contributed by atoms with E-state index in [4.69, 9.17) is 5.73 Å². The molecule has 2 aromatic carbocycles. The SMILES string of the molecule is CCN(Cc1ccc(C)cc1)S(=O)(=O)c1ccc(N)cc1. The molecule has 0 aliphatic carbocycles. The third-order valence-electron chi connectivity index (χ3n) is 3.35. The van der Waals surface area contributed by atoms with Crippen molar-refractivity contribution in [1.82, 2.24) is 4.31 Å². The normalized spacial score (nSPS) is 11.8. The molecule has 0 aromatic heterocycles. The number of sulfonamides is 1. The molecule has 0 unspecified atom stereocenters. The van der Waals surface area contributed by atoms with Crippen LogP contribution in [-0.2, 0) is 16.6 Å². The maximum Gasteiger partial charge on any atom is 0.243 e. The molecule has 5 heteroatoms. The Hall–Kier alpha value is -1.85. The van der Waals surface area contributed by atoms with Gasteiger partial charge >= 0.3 is 0 Å². The predicted molar refractivity (Wildman–Crippen MR) is 85.3 cm³/mol. The van der Waals surface area contributed by atoms with E-state index in [0.29, 0.717) is 18.8 Å². The maximum atomic E-state index is 12.6. The van der Waals surface area contributed by atoms with E-state index in [2.05, 4.69) is 0 Å². The average Bonchev–Trinajstić information content (AvgIpc) is 2.47. The van der Waals surface area contributed by atoms with Crippen molar-refractivity contribution in [3.05, 3.63) is 59.7 Å². The van der Waals surface area contributed by atoms with Crippen LogP contribution in [0.3, 0.4) is 0 Å². The van der Waals surface area contributed by atoms with Crippen molar-refractivity contribution in [3.63, 3.8) is 0 Å². The molecule has 0 saturated carbocycles. The maximum absolute atomic E-state index is 12.6. The van der Waals surface area contributed by atoms with Crippen molar-refractivity contribution in [2.75, 3.05) is 12.3 Å². The van der Waals surface area contributed by atoms with Crippen LogP contribution in [0.2, 0.25) is 0 Å². The Kier molecular flexibility index (Phi) is 4.65. The van der Waals surface area contributed by atoms with Gasteiger partial charge in [0.25, 0.3) is 0 Å². The van der Waals surface area contributed by atoms with Crippen molar-refractivity contribution in [3.8, 4) is 0 Å². The van der Waals surface area contributed by atoms with E-state index in [1.54, 1.807) is 24.3 Å². The summed E-state index contributed by atoms with van der Waals surface area (Å²) in [7, 11) is -3.50. The number of benzene rings is 2. The minimum Gasteiger partial charge on any atom is -0.399 e. The van der Waals surface area contributed by atoms with Crippen LogP contribution >= 0.6 is 0 Å². The van der Waals surface area contributed by atoms with Crippen LogP contribution < -0.4 is 5.73 Å². The summed E-state index contributed by atoms with van der Waals surface area (Å²) in [5.41, 5.74) is 8.29. The number of rotatable bonds is 5. The van der Waals surface area contributed by atoms with Crippen LogP contribution in [0.1, 0.15) is 18.1 Å². The summed E-state index contributed by atoms with van der Waals surface area (Å²) in [4.78, 5) is 0.269. The van der Waals surface area contributed by atoms with Crippen LogP contribution in [-0.4, -0.2) is 19.3 Å². The number of hydrogen-bond acceptors (Lipinski definition) is 3. The fourth-order valence-corrected chi connectivity index (χ4v) is 3.49. The summed E-state index contributed by atoms with van der Waals surface area (Å²) in [6, 6.07) is 14.2. The molecule has 0 spiro atoms. The molecular weight excluding hydrogens is 284 g/mol. The highest BCUT2D eigenvalue weighted by molar-refractivity contribution is 7.89. The Morgan fingerprint density at radius 2 is 1.57 bits per heavy atom. The van der Waals surface area contributed by atoms with E-state index in [9.17, 15) is 8.42 Å². The first-order valence-electron chi connectivity index (χ1n) is 6.84. The topological polar surface area (TPSA) is 63.4 Å². The zero-order valence-corrected chi connectivity index (χ0v) is 13.1. The minimum absolute atomic E-state index is 0.269. The minimum atomic E-state index is -3.50. The lowest BCUT2D eigenvalue weighted by Crippen LogP contribution is -2.30. The van der Waals surface area contributed by atoms with Gasteiger partial charge in [-0.3, -0.25) is 0 Å². The quantitative estimate of drug-likeness (QED) is 0.864. The van der Waals surface area contributed by atoms with Gasteiger partial charge in [-0.05, 0) is 36.8 Å². The highest BCUT2D eigenvalue weighted by atomic mass is 32.2. The van der Waals surface area contributed by atoms with E-state index in [1.165, 1.54) is 4.31 Å². The van der Waals surface area contributed by atoms with Gasteiger partial charge in [-0.1, -0.05) is 36.8 Å². The molecule has 112 valence electrons. The Bertz CT molecular complexity index is 692. The van der Waals surface area contributed by atoms with Gasteiger partial charge in [-0.2, -0.15) is 4.31 Å². The Morgan fingerprint density at radius 1 is 1.00 bits per heavy atom. The number of hydrogen-bond donors (Lipinski definition) is 1. The van der Waals surface area contributed by atoms with Gasteiger partial charge < -0.3 is 5.73 Å². The summed E-state index contributed by atoms with van der Waals surface area (Å²) in [5, 5.41) is 0. The summed E-state index contributed by atoms with van der Waals surface area (Å²) >= 11 is 0. The second-order valence-corrected chi connectivity index (χ2v) is 6.92. The van der Waals surface area contributed by atoms with Gasteiger partial charge in [0, 0.05) is 18.8 Å². The molecule has 21 heavy (non-hydrogen) atoms. The van der Waals surface area contributed by atoms with Crippen molar-refractivity contribution in [1.29, 1.82) is 0 Å². The number of nitrogens with zero attached hydrogens (tertiary/aromatic N) is 1. The van der Waals surface area contributed by atoms with Crippen molar-refractivity contribution < 1.29 is 8.42 Å². The number of nitrogens with two attached hydrogens (primary N) is 1. The molecule has 0 fully saturated rings. The Balaban J connectivity index is 2.27. The third-order valence-corrected chi connectivity index (χ3v) is 5.29. The molecule has 0 atom stereocenters. The van der Waals surface area contributed by atoms with Gasteiger partial charge in [0.05, 0.1) is 4.90 Å². The van der Waals surface area contributed by atoms with E-state index >= 15 is 0 Å². The largest absolute Gasteiger partial charge is 0.399 e. The summed E-state index contributed by atoms with van der Waals surface area (Å²) < 4.78 is 26.7. The molecule has 0 radical (unpaired) electrons. The Morgan fingerprint density at radius 3 is 2.10 bits per heavy atom. The molecular formula is C16H20N2O2S. The summed E-state index contributed by atoms with van der Waals surface area (Å²) in [6.07, 6.45) is 0. The molecule has 0 saturated heterocycles. The van der Waals surface area contributed by atoms with Crippen LogP contribution in [0.5, 0.6) is 0 Å². The molecule has 0 aliphatic heterocycles. The third kappa shape index (κ3) is 3.62. The molecule has 0 heterocycles. The first-order valence-corrected chi connectivity index (χ1v) is 8.28. The van der Waals surface area contributed by atoms with Crippen molar-refractivity contribution >= 4 is 15.7 Å². The van der Waals surface area contributed by atoms with Gasteiger partial charge in [0.2, 0.25) is 10.0 Å². The van der Waals surface area contributed by atoms with Gasteiger partial charge in [0.1, 0.15) is 0 Å². The number of anilines is 1. The fraction of sp³-hybridized carbons (Fsp3) is 0.250. The van der Waals surface area contributed by atoms with Gasteiger partial charge in [-0.25, -0.2) is 8.42 Å². The fourth-order valence-electron chi connectivity index (χ4n) is 2.05. The lowest BCUT2D eigenvalue weighted by molar-refractivity contribution is 0.423. The van der Waals surface area contributed by atoms with Crippen LogP contribution in [0.4, 0.5) is 5.69 Å². The molecule has 2 N–H and O–H groups in total. The summed E-state index contributed by atoms with van der Waals surface area (Å²) in [5.74, 6) is 0. The molecule has 2 aromatic rings. The summed E-state index contributed by atoms with van der Waals surface area (Å²) in [6.45, 7) is 4.62. The monoisotopic (exact) mass is 304 g/mol. The molecule has 0 amide bonds. The number of nitrogen functional groups attached to an aromatic ring is 1. The van der Waals surface area contributed by atoms with E-state index < -0.39 is 10.0 Å². The predicted octanol–water partition coefficient (Wildman–Crippen LogP) is 2.79. The molecule has 0 bridgehead atoms. The van der Waals surface area contributed by atoms with E-state index in [0.717, 1.165) is 11.1 Å². The van der Waals surface area contributed by atoms with Gasteiger partial charge in [-0.15, -0.1) is 0 Å².